The highest BCUT2D eigenvalue weighted by molar-refractivity contribution is 6.14. The van der Waals surface area contributed by atoms with E-state index < -0.39 is 17.5 Å². The van der Waals surface area contributed by atoms with Gasteiger partial charge in [0, 0.05) is 11.3 Å². The second-order valence-electron chi connectivity index (χ2n) is 8.14. The summed E-state index contributed by atoms with van der Waals surface area (Å²) in [6.45, 7) is 2.88. The SMILES string of the molecule is CCCCCCCCOc1ccc(NC(=O)C2(C#N)C3c4ccccc4C(=O)N32)cc1. The first-order valence-electron chi connectivity index (χ1n) is 11.0. The topological polar surface area (TPSA) is 82.2 Å². The number of carbonyl (C=O) groups is 2. The molecule has 2 heterocycles. The highest BCUT2D eigenvalue weighted by Crippen LogP contribution is 2.59. The molecule has 0 saturated carbocycles. The Balaban J connectivity index is 1.32. The van der Waals surface area contributed by atoms with Crippen molar-refractivity contribution in [3.63, 3.8) is 0 Å². The summed E-state index contributed by atoms with van der Waals surface area (Å²) in [6, 6.07) is 15.8. The Bertz CT molecular complexity index is 1010. The van der Waals surface area contributed by atoms with Crippen molar-refractivity contribution in [2.75, 3.05) is 11.9 Å². The lowest BCUT2D eigenvalue weighted by atomic mass is 9.95. The lowest BCUT2D eigenvalue weighted by Gasteiger charge is -2.13. The maximum Gasteiger partial charge on any atom is 0.267 e. The highest BCUT2D eigenvalue weighted by Gasteiger charge is 2.75. The van der Waals surface area contributed by atoms with Crippen LogP contribution in [0.4, 0.5) is 5.69 Å². The zero-order chi connectivity index (χ0) is 21.8. The van der Waals surface area contributed by atoms with Crippen molar-refractivity contribution in [3.05, 3.63) is 59.7 Å². The molecule has 2 unspecified atom stereocenters. The van der Waals surface area contributed by atoms with Crippen LogP contribution in [-0.4, -0.2) is 28.9 Å². The van der Waals surface area contributed by atoms with Gasteiger partial charge in [0.05, 0.1) is 6.61 Å². The van der Waals surface area contributed by atoms with E-state index in [1.165, 1.54) is 37.0 Å². The quantitative estimate of drug-likeness (QED) is 0.443. The molecule has 0 bridgehead atoms. The lowest BCUT2D eigenvalue weighted by molar-refractivity contribution is -0.118. The monoisotopic (exact) mass is 417 g/mol. The van der Waals surface area contributed by atoms with Crippen LogP contribution in [0.2, 0.25) is 0 Å². The van der Waals surface area contributed by atoms with E-state index in [2.05, 4.69) is 18.3 Å². The first-order valence-corrected chi connectivity index (χ1v) is 11.0. The second-order valence-corrected chi connectivity index (χ2v) is 8.14. The Kier molecular flexibility index (Phi) is 5.94. The number of nitrogens with zero attached hydrogens (tertiary/aromatic N) is 2. The molecule has 160 valence electrons. The van der Waals surface area contributed by atoms with Gasteiger partial charge >= 0.3 is 0 Å². The fourth-order valence-corrected chi connectivity index (χ4v) is 4.33. The van der Waals surface area contributed by atoms with Gasteiger partial charge in [0.15, 0.2) is 0 Å². The van der Waals surface area contributed by atoms with Gasteiger partial charge in [0.2, 0.25) is 5.54 Å². The molecule has 1 fully saturated rings. The molecule has 2 aromatic carbocycles. The number of hydrogen-bond acceptors (Lipinski definition) is 4. The molecule has 6 nitrogen and oxygen atoms in total. The average Bonchev–Trinajstić information content (AvgIpc) is 3.40. The van der Waals surface area contributed by atoms with E-state index in [1.807, 2.05) is 6.07 Å². The minimum Gasteiger partial charge on any atom is -0.494 e. The number of carbonyl (C=O) groups excluding carboxylic acids is 2. The van der Waals surface area contributed by atoms with Gasteiger partial charge in [0.25, 0.3) is 11.8 Å². The van der Waals surface area contributed by atoms with Crippen LogP contribution < -0.4 is 10.1 Å². The van der Waals surface area contributed by atoms with Crippen LogP contribution in [0, 0.1) is 11.3 Å². The van der Waals surface area contributed by atoms with Gasteiger partial charge in [0.1, 0.15) is 17.9 Å². The zero-order valence-electron chi connectivity index (χ0n) is 17.8. The first-order chi connectivity index (χ1) is 15.1. The molecule has 2 amide bonds. The highest BCUT2D eigenvalue weighted by atomic mass is 16.5. The van der Waals surface area contributed by atoms with Gasteiger partial charge < -0.3 is 10.1 Å². The number of unbranched alkanes of at least 4 members (excludes halogenated alkanes) is 5. The number of fused-ring (bicyclic) bond motifs is 3. The Morgan fingerprint density at radius 2 is 1.81 bits per heavy atom. The molecule has 6 heteroatoms. The number of hydrogen-bond donors (Lipinski definition) is 1. The number of nitriles is 1. The Morgan fingerprint density at radius 1 is 1.10 bits per heavy atom. The Morgan fingerprint density at radius 3 is 2.55 bits per heavy atom. The fraction of sp³-hybridized carbons (Fsp3) is 0.400. The third-order valence-electron chi connectivity index (χ3n) is 6.07. The van der Waals surface area contributed by atoms with E-state index in [4.69, 9.17) is 4.74 Å². The molecule has 0 spiro atoms. The molecule has 2 aliphatic heterocycles. The summed E-state index contributed by atoms with van der Waals surface area (Å²) in [4.78, 5) is 26.9. The Labute approximate surface area is 182 Å². The largest absolute Gasteiger partial charge is 0.494 e. The smallest absolute Gasteiger partial charge is 0.267 e. The molecule has 2 aromatic rings. The van der Waals surface area contributed by atoms with Crippen LogP contribution in [0.15, 0.2) is 48.5 Å². The van der Waals surface area contributed by atoms with Crippen molar-refractivity contribution >= 4 is 17.5 Å². The molecule has 0 radical (unpaired) electrons. The maximum absolute atomic E-state index is 12.9. The number of nitrogens with one attached hydrogen (secondary N) is 1. The summed E-state index contributed by atoms with van der Waals surface area (Å²) in [5.74, 6) is -0.00274. The van der Waals surface area contributed by atoms with Crippen LogP contribution in [0.5, 0.6) is 5.75 Å². The van der Waals surface area contributed by atoms with Crippen molar-refractivity contribution in [1.82, 2.24) is 4.90 Å². The molecule has 1 saturated heterocycles. The summed E-state index contributed by atoms with van der Waals surface area (Å²) < 4.78 is 5.77. The van der Waals surface area contributed by atoms with Crippen LogP contribution in [-0.2, 0) is 4.79 Å². The minimum absolute atomic E-state index is 0.268. The predicted molar refractivity (Wildman–Crippen MR) is 118 cm³/mol. The fourth-order valence-electron chi connectivity index (χ4n) is 4.33. The van der Waals surface area contributed by atoms with Crippen LogP contribution in [0.1, 0.15) is 67.4 Å². The first kappa shape index (κ1) is 20.9. The predicted octanol–water partition coefficient (Wildman–Crippen LogP) is 4.84. The van der Waals surface area contributed by atoms with Crippen LogP contribution in [0.25, 0.3) is 0 Å². The number of benzene rings is 2. The lowest BCUT2D eigenvalue weighted by Crippen LogP contribution is -2.37. The Hall–Kier alpha value is -3.33. The van der Waals surface area contributed by atoms with E-state index in [0.717, 1.165) is 17.7 Å². The van der Waals surface area contributed by atoms with Gasteiger partial charge in [-0.25, -0.2) is 0 Å². The van der Waals surface area contributed by atoms with Crippen molar-refractivity contribution in [1.29, 1.82) is 5.26 Å². The molecule has 1 N–H and O–H groups in total. The summed E-state index contributed by atoms with van der Waals surface area (Å²) in [7, 11) is 0. The third-order valence-corrected chi connectivity index (χ3v) is 6.07. The van der Waals surface area contributed by atoms with Crippen molar-refractivity contribution in [2.24, 2.45) is 0 Å². The minimum atomic E-state index is -1.47. The van der Waals surface area contributed by atoms with Crippen molar-refractivity contribution in [2.45, 2.75) is 57.0 Å². The number of anilines is 1. The molecular weight excluding hydrogens is 390 g/mol. The summed E-state index contributed by atoms with van der Waals surface area (Å²) in [5, 5.41) is 12.5. The summed E-state index contributed by atoms with van der Waals surface area (Å²) >= 11 is 0. The van der Waals surface area contributed by atoms with Gasteiger partial charge in [-0.3, -0.25) is 14.5 Å². The number of amides is 2. The molecule has 0 aromatic heterocycles. The molecule has 4 rings (SSSR count). The molecule has 0 aliphatic carbocycles. The average molecular weight is 418 g/mol. The zero-order valence-corrected chi connectivity index (χ0v) is 17.8. The normalized spacial score (nSPS) is 20.6. The third kappa shape index (κ3) is 3.76. The van der Waals surface area contributed by atoms with Crippen LogP contribution >= 0.6 is 0 Å². The van der Waals surface area contributed by atoms with E-state index in [1.54, 1.807) is 42.5 Å². The van der Waals surface area contributed by atoms with E-state index in [0.29, 0.717) is 17.9 Å². The summed E-state index contributed by atoms with van der Waals surface area (Å²) in [6.07, 6.45) is 7.26. The van der Waals surface area contributed by atoms with Gasteiger partial charge in [-0.15, -0.1) is 0 Å². The molecule has 2 aliphatic rings. The number of rotatable bonds is 10. The van der Waals surface area contributed by atoms with E-state index in [-0.39, 0.29) is 5.91 Å². The van der Waals surface area contributed by atoms with E-state index in [9.17, 15) is 14.9 Å². The maximum atomic E-state index is 12.9. The second kappa shape index (κ2) is 8.81. The molecule has 31 heavy (non-hydrogen) atoms. The van der Waals surface area contributed by atoms with Gasteiger partial charge in [-0.1, -0.05) is 57.2 Å². The van der Waals surface area contributed by atoms with Gasteiger partial charge in [-0.05, 0) is 42.3 Å². The van der Waals surface area contributed by atoms with Gasteiger partial charge in [-0.2, -0.15) is 5.26 Å². The van der Waals surface area contributed by atoms with Crippen LogP contribution in [0.3, 0.4) is 0 Å². The standard InChI is InChI=1S/C25H27N3O3/c1-2-3-4-5-6-9-16-31-19-14-12-18(13-15-19)27-24(30)25(17-26)22-20-10-7-8-11-21(20)23(29)28(22)25/h7-8,10-15,22H,2-6,9,16H2,1H3,(H,27,30). The molecule has 2 atom stereocenters. The van der Waals surface area contributed by atoms with Crippen molar-refractivity contribution < 1.29 is 14.3 Å². The summed E-state index contributed by atoms with van der Waals surface area (Å²) in [5.41, 5.74) is 0.400. The number of ether oxygens (including phenoxy) is 1. The van der Waals surface area contributed by atoms with E-state index >= 15 is 0 Å². The molecular formula is C25H27N3O3. The van der Waals surface area contributed by atoms with Crippen molar-refractivity contribution in [3.8, 4) is 11.8 Å².